The maximum absolute atomic E-state index is 12.5. The van der Waals surface area contributed by atoms with Gasteiger partial charge in [0.1, 0.15) is 0 Å². The highest BCUT2D eigenvalue weighted by atomic mass is 32.2. The van der Waals surface area contributed by atoms with Crippen molar-refractivity contribution < 1.29 is 13.2 Å². The maximum Gasteiger partial charge on any atom is 0.240 e. The highest BCUT2D eigenvalue weighted by molar-refractivity contribution is 7.90. The minimum absolute atomic E-state index is 0.00751. The fourth-order valence-electron chi connectivity index (χ4n) is 2.69. The molecule has 1 fully saturated rings. The normalized spacial score (nSPS) is 23.8. The lowest BCUT2D eigenvalue weighted by Crippen LogP contribution is -2.57. The standard InChI is InChI=1S/C16H24N2O3S/c1-12(13-6-8-14(9-7-13)22(3,20)21)18-15(19)16(2)10-4-5-11-17-16/h6-9,12,17H,4-5,10-11H2,1-3H3,(H,18,19). The van der Waals surface area contributed by atoms with E-state index in [1.165, 1.54) is 6.26 Å². The second-order valence-corrected chi connectivity index (χ2v) is 8.27. The van der Waals surface area contributed by atoms with Crippen molar-refractivity contribution in [1.82, 2.24) is 10.6 Å². The number of carbonyl (C=O) groups excluding carboxylic acids is 1. The molecular formula is C16H24N2O3S. The fraction of sp³-hybridized carbons (Fsp3) is 0.562. The predicted octanol–water partition coefficient (Wildman–Crippen LogP) is 1.80. The molecule has 0 spiro atoms. The van der Waals surface area contributed by atoms with E-state index in [9.17, 15) is 13.2 Å². The smallest absolute Gasteiger partial charge is 0.240 e. The Kier molecular flexibility index (Phi) is 4.92. The number of sulfone groups is 1. The molecule has 1 aliphatic heterocycles. The van der Waals surface area contributed by atoms with Crippen molar-refractivity contribution in [3.63, 3.8) is 0 Å². The van der Waals surface area contributed by atoms with Crippen LogP contribution in [0.2, 0.25) is 0 Å². The molecule has 1 heterocycles. The van der Waals surface area contributed by atoms with Gasteiger partial charge in [0.2, 0.25) is 5.91 Å². The minimum atomic E-state index is -3.19. The number of amides is 1. The van der Waals surface area contributed by atoms with E-state index < -0.39 is 15.4 Å². The monoisotopic (exact) mass is 324 g/mol. The van der Waals surface area contributed by atoms with Gasteiger partial charge in [-0.05, 0) is 57.4 Å². The van der Waals surface area contributed by atoms with E-state index in [4.69, 9.17) is 0 Å². The third-order valence-electron chi connectivity index (χ3n) is 4.28. The van der Waals surface area contributed by atoms with Gasteiger partial charge in [-0.25, -0.2) is 8.42 Å². The minimum Gasteiger partial charge on any atom is -0.348 e. The van der Waals surface area contributed by atoms with Gasteiger partial charge in [-0.15, -0.1) is 0 Å². The van der Waals surface area contributed by atoms with Gasteiger partial charge in [0, 0.05) is 6.26 Å². The van der Waals surface area contributed by atoms with Crippen LogP contribution in [0, 0.1) is 0 Å². The van der Waals surface area contributed by atoms with E-state index in [1.54, 1.807) is 24.3 Å². The van der Waals surface area contributed by atoms with Crippen LogP contribution in [0.25, 0.3) is 0 Å². The molecule has 0 bridgehead atoms. The average Bonchev–Trinajstić information content (AvgIpc) is 2.47. The Labute approximate surface area is 132 Å². The maximum atomic E-state index is 12.5. The zero-order valence-electron chi connectivity index (χ0n) is 13.3. The molecule has 2 atom stereocenters. The first-order valence-electron chi connectivity index (χ1n) is 7.58. The lowest BCUT2D eigenvalue weighted by atomic mass is 9.89. The number of benzene rings is 1. The van der Waals surface area contributed by atoms with Crippen molar-refractivity contribution in [2.24, 2.45) is 0 Å². The number of carbonyl (C=O) groups is 1. The molecule has 1 aromatic carbocycles. The van der Waals surface area contributed by atoms with Gasteiger partial charge in [0.15, 0.2) is 9.84 Å². The highest BCUT2D eigenvalue weighted by Gasteiger charge is 2.34. The number of hydrogen-bond donors (Lipinski definition) is 2. The van der Waals surface area contributed by atoms with E-state index in [0.717, 1.165) is 31.4 Å². The summed E-state index contributed by atoms with van der Waals surface area (Å²) < 4.78 is 22.9. The molecule has 2 N–H and O–H groups in total. The van der Waals surface area contributed by atoms with Crippen molar-refractivity contribution in [3.8, 4) is 0 Å². The van der Waals surface area contributed by atoms with Gasteiger partial charge >= 0.3 is 0 Å². The van der Waals surface area contributed by atoms with Crippen molar-refractivity contribution in [2.45, 2.75) is 49.6 Å². The van der Waals surface area contributed by atoms with Crippen molar-refractivity contribution in [1.29, 1.82) is 0 Å². The SMILES string of the molecule is CC(NC(=O)C1(C)CCCCN1)c1ccc(S(C)(=O)=O)cc1. The Morgan fingerprint density at radius 3 is 2.41 bits per heavy atom. The van der Waals surface area contributed by atoms with Crippen LogP contribution in [0.3, 0.4) is 0 Å². The van der Waals surface area contributed by atoms with Gasteiger partial charge in [0.25, 0.3) is 0 Å². The van der Waals surface area contributed by atoms with Gasteiger partial charge in [-0.3, -0.25) is 4.79 Å². The van der Waals surface area contributed by atoms with E-state index in [1.807, 2.05) is 13.8 Å². The molecule has 2 unspecified atom stereocenters. The van der Waals surface area contributed by atoms with Crippen LogP contribution >= 0.6 is 0 Å². The third kappa shape index (κ3) is 3.87. The van der Waals surface area contributed by atoms with Crippen LogP contribution in [0.4, 0.5) is 0 Å². The molecular weight excluding hydrogens is 300 g/mol. The molecule has 0 aromatic heterocycles. The quantitative estimate of drug-likeness (QED) is 0.885. The van der Waals surface area contributed by atoms with Crippen molar-refractivity contribution in [2.75, 3.05) is 12.8 Å². The summed E-state index contributed by atoms with van der Waals surface area (Å²) in [4.78, 5) is 12.7. The molecule has 1 aromatic rings. The Morgan fingerprint density at radius 2 is 1.91 bits per heavy atom. The van der Waals surface area contributed by atoms with Crippen molar-refractivity contribution >= 4 is 15.7 Å². The van der Waals surface area contributed by atoms with Crippen LogP contribution in [-0.2, 0) is 14.6 Å². The molecule has 1 saturated heterocycles. The zero-order valence-corrected chi connectivity index (χ0v) is 14.2. The summed E-state index contributed by atoms with van der Waals surface area (Å²) >= 11 is 0. The molecule has 22 heavy (non-hydrogen) atoms. The topological polar surface area (TPSA) is 75.3 Å². The Hall–Kier alpha value is -1.40. The molecule has 2 rings (SSSR count). The van der Waals surface area contributed by atoms with Crippen LogP contribution in [0.5, 0.6) is 0 Å². The summed E-state index contributed by atoms with van der Waals surface area (Å²) in [5.41, 5.74) is 0.374. The van der Waals surface area contributed by atoms with Crippen LogP contribution < -0.4 is 10.6 Å². The van der Waals surface area contributed by atoms with Gasteiger partial charge in [-0.1, -0.05) is 12.1 Å². The molecule has 122 valence electrons. The van der Waals surface area contributed by atoms with Gasteiger partial charge in [0.05, 0.1) is 16.5 Å². The summed E-state index contributed by atoms with van der Waals surface area (Å²) in [6, 6.07) is 6.49. The van der Waals surface area contributed by atoms with Crippen LogP contribution in [-0.4, -0.2) is 32.7 Å². The molecule has 1 amide bonds. The predicted molar refractivity (Wildman–Crippen MR) is 86.4 cm³/mol. The summed E-state index contributed by atoms with van der Waals surface area (Å²) in [7, 11) is -3.19. The van der Waals surface area contributed by atoms with E-state index in [2.05, 4.69) is 10.6 Å². The molecule has 0 aliphatic carbocycles. The summed E-state index contributed by atoms with van der Waals surface area (Å²) in [6.45, 7) is 4.70. The average molecular weight is 324 g/mol. The zero-order chi connectivity index (χ0) is 16.4. The first-order valence-corrected chi connectivity index (χ1v) is 9.47. The number of rotatable bonds is 4. The van der Waals surface area contributed by atoms with E-state index >= 15 is 0 Å². The molecule has 5 nitrogen and oxygen atoms in total. The number of hydrogen-bond acceptors (Lipinski definition) is 4. The van der Waals surface area contributed by atoms with Gasteiger partial charge < -0.3 is 10.6 Å². The lowest BCUT2D eigenvalue weighted by Gasteiger charge is -2.34. The fourth-order valence-corrected chi connectivity index (χ4v) is 3.32. The summed E-state index contributed by atoms with van der Waals surface area (Å²) in [5, 5.41) is 6.30. The second kappa shape index (κ2) is 6.38. The summed E-state index contributed by atoms with van der Waals surface area (Å²) in [5.74, 6) is -0.00751. The Bertz CT molecular complexity index is 632. The van der Waals surface area contributed by atoms with E-state index in [0.29, 0.717) is 0 Å². The molecule has 0 radical (unpaired) electrons. The Balaban J connectivity index is 2.05. The van der Waals surface area contributed by atoms with Crippen LogP contribution in [0.15, 0.2) is 29.2 Å². The second-order valence-electron chi connectivity index (χ2n) is 6.25. The Morgan fingerprint density at radius 1 is 1.27 bits per heavy atom. The first kappa shape index (κ1) is 17.0. The number of nitrogens with one attached hydrogen (secondary N) is 2. The molecule has 1 aliphatic rings. The lowest BCUT2D eigenvalue weighted by molar-refractivity contribution is -0.128. The molecule has 6 heteroatoms. The van der Waals surface area contributed by atoms with Gasteiger partial charge in [-0.2, -0.15) is 0 Å². The largest absolute Gasteiger partial charge is 0.348 e. The first-order chi connectivity index (χ1) is 10.2. The third-order valence-corrected chi connectivity index (χ3v) is 5.40. The number of piperidine rings is 1. The summed E-state index contributed by atoms with van der Waals surface area (Å²) in [6.07, 6.45) is 4.17. The van der Waals surface area contributed by atoms with E-state index in [-0.39, 0.29) is 16.8 Å². The van der Waals surface area contributed by atoms with Crippen molar-refractivity contribution in [3.05, 3.63) is 29.8 Å². The highest BCUT2D eigenvalue weighted by Crippen LogP contribution is 2.21. The molecule has 0 saturated carbocycles. The van der Waals surface area contributed by atoms with Crippen LogP contribution in [0.1, 0.15) is 44.7 Å².